The Hall–Kier alpha value is -3.89. The molecule has 0 spiro atoms. The number of hydrogen-bond acceptors (Lipinski definition) is 6. The first-order valence-corrected chi connectivity index (χ1v) is 13.8. The molecule has 1 aliphatic rings. The summed E-state index contributed by atoms with van der Waals surface area (Å²) in [6.07, 6.45) is 0.757. The number of fused-ring (bicyclic) bond motifs is 1. The van der Waals surface area contributed by atoms with Gasteiger partial charge in [-0.2, -0.15) is 5.10 Å². The molecule has 0 radical (unpaired) electrons. The van der Waals surface area contributed by atoms with E-state index in [9.17, 15) is 19.2 Å². The van der Waals surface area contributed by atoms with Gasteiger partial charge in [-0.15, -0.1) is 0 Å². The summed E-state index contributed by atoms with van der Waals surface area (Å²) in [5.74, 6) is -1.07. The molecule has 3 atom stereocenters. The van der Waals surface area contributed by atoms with Crippen molar-refractivity contribution in [3.05, 3.63) is 47.3 Å². The number of likely N-dealkylation sites (N-methyl/N-ethyl adjacent to an activating group) is 1. The van der Waals surface area contributed by atoms with Crippen LogP contribution in [0.25, 0.3) is 0 Å². The first kappa shape index (κ1) is 30.6. The van der Waals surface area contributed by atoms with Crippen LogP contribution in [0.15, 0.2) is 30.3 Å². The second-order valence-electron chi connectivity index (χ2n) is 11.3. The van der Waals surface area contributed by atoms with Gasteiger partial charge in [-0.25, -0.2) is 0 Å². The van der Waals surface area contributed by atoms with Crippen molar-refractivity contribution in [1.82, 2.24) is 31.0 Å². The van der Waals surface area contributed by atoms with Gasteiger partial charge in [-0.05, 0) is 49.8 Å². The molecular formula is C29H42N6O5. The fourth-order valence-electron chi connectivity index (χ4n) is 4.72. The molecule has 3 rings (SSSR count). The van der Waals surface area contributed by atoms with Crippen LogP contribution in [0.4, 0.5) is 0 Å². The third-order valence-corrected chi connectivity index (χ3v) is 6.76. The third kappa shape index (κ3) is 8.56. The van der Waals surface area contributed by atoms with Gasteiger partial charge in [-0.3, -0.25) is 24.3 Å². The maximum Gasteiger partial charge on any atom is 0.255 e. The number of aromatic nitrogens is 2. The number of aryl methyl sites for hydroxylation is 1. The Bertz CT molecular complexity index is 1190. The number of para-hydroxylation sites is 1. The minimum absolute atomic E-state index is 0.118. The van der Waals surface area contributed by atoms with Crippen LogP contribution in [-0.4, -0.2) is 70.5 Å². The maximum atomic E-state index is 13.7. The number of nitrogens with one attached hydrogen (secondary N) is 4. The minimum Gasteiger partial charge on any atom is -0.491 e. The lowest BCUT2D eigenvalue weighted by molar-refractivity contribution is -0.138. The summed E-state index contributed by atoms with van der Waals surface area (Å²) < 4.78 is 6.12. The van der Waals surface area contributed by atoms with Gasteiger partial charge >= 0.3 is 0 Å². The van der Waals surface area contributed by atoms with E-state index in [1.807, 2.05) is 20.8 Å². The number of aromatic amines is 1. The number of rotatable bonds is 7. The fourth-order valence-corrected chi connectivity index (χ4v) is 4.72. The van der Waals surface area contributed by atoms with Gasteiger partial charge in [0, 0.05) is 12.7 Å². The molecule has 40 heavy (non-hydrogen) atoms. The van der Waals surface area contributed by atoms with Crippen molar-refractivity contribution in [2.24, 2.45) is 11.8 Å². The Morgan fingerprint density at radius 1 is 1.10 bits per heavy atom. The largest absolute Gasteiger partial charge is 0.491 e. The highest BCUT2D eigenvalue weighted by Crippen LogP contribution is 2.22. The van der Waals surface area contributed by atoms with Gasteiger partial charge in [0.25, 0.3) is 5.91 Å². The number of carbonyl (C=O) groups is 4. The Labute approximate surface area is 235 Å². The monoisotopic (exact) mass is 554 g/mol. The molecule has 0 fully saturated rings. The number of ether oxygens (including phenoxy) is 1. The van der Waals surface area contributed by atoms with E-state index in [0.717, 1.165) is 5.69 Å². The number of hydrogen-bond donors (Lipinski definition) is 4. The summed E-state index contributed by atoms with van der Waals surface area (Å²) in [6, 6.07) is 6.27. The highest BCUT2D eigenvalue weighted by Gasteiger charge is 2.33. The van der Waals surface area contributed by atoms with Crippen LogP contribution in [0.2, 0.25) is 0 Å². The summed E-state index contributed by atoms with van der Waals surface area (Å²) in [4.78, 5) is 55.1. The Kier molecular flexibility index (Phi) is 10.7. The Morgan fingerprint density at radius 2 is 1.80 bits per heavy atom. The lowest BCUT2D eigenvalue weighted by Crippen LogP contribution is -2.54. The van der Waals surface area contributed by atoms with Crippen molar-refractivity contribution in [3.63, 3.8) is 0 Å². The summed E-state index contributed by atoms with van der Waals surface area (Å²) in [7, 11) is 1.72. The molecule has 1 aliphatic heterocycles. The van der Waals surface area contributed by atoms with Crippen LogP contribution in [-0.2, 0) is 20.9 Å². The molecule has 1 aromatic carbocycles. The zero-order valence-corrected chi connectivity index (χ0v) is 24.2. The molecular weight excluding hydrogens is 512 g/mol. The standard InChI is InChI=1S/C29H42N6O5/c1-17(2)11-21-16-40-25-10-8-7-9-22(25)27(37)32-23(28(38)30-15-20-13-19(5)33-34-20)14-26(36)31-24(12-18(3)4)29(39)35(21)6/h7-10,13,17-18,21,23-24H,11-12,14-16H2,1-6H3,(H,30,38)(H,31,36)(H,32,37)(H,33,34)/t21-,23-,24+/m0/s1. The van der Waals surface area contributed by atoms with Crippen molar-refractivity contribution in [1.29, 1.82) is 0 Å². The van der Waals surface area contributed by atoms with E-state index in [1.54, 1.807) is 42.3 Å². The van der Waals surface area contributed by atoms with Crippen molar-refractivity contribution in [2.75, 3.05) is 13.7 Å². The van der Waals surface area contributed by atoms with Crippen LogP contribution in [0.5, 0.6) is 5.75 Å². The fraction of sp³-hybridized carbons (Fsp3) is 0.552. The molecule has 218 valence electrons. The molecule has 4 amide bonds. The minimum atomic E-state index is -1.19. The first-order valence-electron chi connectivity index (χ1n) is 13.8. The van der Waals surface area contributed by atoms with Crippen LogP contribution in [0.3, 0.4) is 0 Å². The topological polar surface area (TPSA) is 146 Å². The van der Waals surface area contributed by atoms with Crippen LogP contribution in [0, 0.1) is 18.8 Å². The van der Waals surface area contributed by atoms with Gasteiger partial charge in [0.2, 0.25) is 17.7 Å². The van der Waals surface area contributed by atoms with E-state index < -0.39 is 29.8 Å². The Balaban J connectivity index is 1.94. The van der Waals surface area contributed by atoms with Crippen molar-refractivity contribution in [3.8, 4) is 5.75 Å². The van der Waals surface area contributed by atoms with Crippen molar-refractivity contribution >= 4 is 23.6 Å². The molecule has 4 N–H and O–H groups in total. The summed E-state index contributed by atoms with van der Waals surface area (Å²) in [6.45, 7) is 10.2. The Morgan fingerprint density at radius 3 is 2.45 bits per heavy atom. The predicted molar refractivity (Wildman–Crippen MR) is 150 cm³/mol. The van der Waals surface area contributed by atoms with Gasteiger partial charge in [-0.1, -0.05) is 39.8 Å². The van der Waals surface area contributed by atoms with E-state index in [2.05, 4.69) is 40.0 Å². The van der Waals surface area contributed by atoms with Gasteiger partial charge in [0.15, 0.2) is 0 Å². The molecule has 0 saturated heterocycles. The normalized spacial score (nSPS) is 20.9. The number of H-pyrrole nitrogens is 1. The molecule has 2 heterocycles. The summed E-state index contributed by atoms with van der Waals surface area (Å²) in [5.41, 5.74) is 1.69. The molecule has 1 aromatic heterocycles. The highest BCUT2D eigenvalue weighted by molar-refractivity contribution is 6.01. The molecule has 0 unspecified atom stereocenters. The van der Waals surface area contributed by atoms with Crippen LogP contribution < -0.4 is 20.7 Å². The molecule has 0 saturated carbocycles. The molecule has 0 aliphatic carbocycles. The van der Waals surface area contributed by atoms with Gasteiger partial charge < -0.3 is 25.6 Å². The SMILES string of the molecule is Cc1cc(CNC(=O)[C@@H]2CC(=O)N[C@H](CC(C)C)C(=O)N(C)[C@@H](CC(C)C)COc3ccccc3C(=O)N2)n[nH]1. The second kappa shape index (κ2) is 14.0. The summed E-state index contributed by atoms with van der Waals surface area (Å²) in [5, 5.41) is 15.2. The molecule has 11 heteroatoms. The number of nitrogens with zero attached hydrogens (tertiary/aromatic N) is 2. The second-order valence-corrected chi connectivity index (χ2v) is 11.3. The first-order chi connectivity index (χ1) is 18.9. The third-order valence-electron chi connectivity index (χ3n) is 6.76. The average Bonchev–Trinajstić information content (AvgIpc) is 3.32. The zero-order chi connectivity index (χ0) is 29.4. The molecule has 11 nitrogen and oxygen atoms in total. The van der Waals surface area contributed by atoms with Crippen LogP contribution >= 0.6 is 0 Å². The number of amides is 4. The highest BCUT2D eigenvalue weighted by atomic mass is 16.5. The molecule has 0 bridgehead atoms. The zero-order valence-electron chi connectivity index (χ0n) is 24.2. The number of carbonyl (C=O) groups excluding carboxylic acids is 4. The van der Waals surface area contributed by atoms with E-state index >= 15 is 0 Å². The van der Waals surface area contributed by atoms with E-state index in [0.29, 0.717) is 24.3 Å². The lowest BCUT2D eigenvalue weighted by atomic mass is 9.99. The summed E-state index contributed by atoms with van der Waals surface area (Å²) >= 11 is 0. The van der Waals surface area contributed by atoms with Gasteiger partial charge in [0.1, 0.15) is 24.4 Å². The van der Waals surface area contributed by atoms with E-state index in [1.165, 1.54) is 0 Å². The lowest BCUT2D eigenvalue weighted by Gasteiger charge is -2.33. The van der Waals surface area contributed by atoms with E-state index in [-0.39, 0.29) is 48.9 Å². The maximum absolute atomic E-state index is 13.7. The van der Waals surface area contributed by atoms with Crippen molar-refractivity contribution < 1.29 is 23.9 Å². The molecule has 2 aromatic rings. The van der Waals surface area contributed by atoms with E-state index in [4.69, 9.17) is 4.74 Å². The van der Waals surface area contributed by atoms with Crippen molar-refractivity contribution in [2.45, 2.75) is 78.6 Å². The number of benzene rings is 1. The predicted octanol–water partition coefficient (Wildman–Crippen LogP) is 2.32. The van der Waals surface area contributed by atoms with Crippen LogP contribution in [0.1, 0.15) is 68.7 Å². The smallest absolute Gasteiger partial charge is 0.255 e. The van der Waals surface area contributed by atoms with Gasteiger partial charge in [0.05, 0.1) is 30.3 Å². The quantitative estimate of drug-likeness (QED) is 0.413. The average molecular weight is 555 g/mol.